The summed E-state index contributed by atoms with van der Waals surface area (Å²) in [6.45, 7) is 2.15. The Kier molecular flexibility index (Phi) is 6.78. The van der Waals surface area contributed by atoms with Crippen molar-refractivity contribution >= 4 is 46.7 Å². The first kappa shape index (κ1) is 21.5. The summed E-state index contributed by atoms with van der Waals surface area (Å²) in [7, 11) is 0. The molecule has 0 fully saturated rings. The number of hydrogen-bond donors (Lipinski definition) is 0. The summed E-state index contributed by atoms with van der Waals surface area (Å²) in [6, 6.07) is 26.0. The van der Waals surface area contributed by atoms with Crippen molar-refractivity contribution in [1.82, 2.24) is 4.98 Å². The normalized spacial score (nSPS) is 11.4. The summed E-state index contributed by atoms with van der Waals surface area (Å²) in [6.07, 6.45) is 7.29. The van der Waals surface area contributed by atoms with Gasteiger partial charge >= 0.3 is 5.97 Å². The molecule has 4 aromatic rings. The van der Waals surface area contributed by atoms with Gasteiger partial charge in [0.15, 0.2) is 0 Å². The molecule has 0 radical (unpaired) electrons. The topological polar surface area (TPSA) is 39.2 Å². The van der Waals surface area contributed by atoms with Crippen LogP contribution in [0.2, 0.25) is 5.02 Å². The van der Waals surface area contributed by atoms with Crippen LogP contribution in [0.15, 0.2) is 84.9 Å². The van der Waals surface area contributed by atoms with Gasteiger partial charge in [-0.3, -0.25) is 0 Å². The van der Waals surface area contributed by atoms with Gasteiger partial charge in [0.05, 0.1) is 17.8 Å². The first-order valence-electron chi connectivity index (χ1n) is 10.4. The minimum atomic E-state index is -0.344. The summed E-state index contributed by atoms with van der Waals surface area (Å²) in [4.78, 5) is 16.4. The number of carbonyl (C=O) groups excluding carboxylic acids is 1. The Bertz CT molecular complexity index is 1320. The molecule has 0 spiro atoms. The summed E-state index contributed by atoms with van der Waals surface area (Å²) in [5.41, 5.74) is 5.85. The number of ether oxygens (including phenoxy) is 1. The number of fused-ring (bicyclic) bond motifs is 1. The first-order valence-corrected chi connectivity index (χ1v) is 10.8. The van der Waals surface area contributed by atoms with Gasteiger partial charge in [-0.05, 0) is 65.6 Å². The molecule has 4 heteroatoms. The van der Waals surface area contributed by atoms with Gasteiger partial charge in [0.25, 0.3) is 0 Å². The zero-order chi connectivity index (χ0) is 22.3. The number of halogens is 1. The van der Waals surface area contributed by atoms with Gasteiger partial charge in [-0.25, -0.2) is 9.78 Å². The number of aromatic nitrogens is 1. The number of pyridine rings is 1. The second-order valence-corrected chi connectivity index (χ2v) is 7.64. The molecule has 32 heavy (non-hydrogen) atoms. The summed E-state index contributed by atoms with van der Waals surface area (Å²) < 4.78 is 4.99. The predicted octanol–water partition coefficient (Wildman–Crippen LogP) is 7.30. The number of hydrogen-bond acceptors (Lipinski definition) is 3. The Morgan fingerprint density at radius 2 is 1.78 bits per heavy atom. The molecule has 0 atom stereocenters. The highest BCUT2D eigenvalue weighted by Gasteiger charge is 2.04. The van der Waals surface area contributed by atoms with Gasteiger partial charge in [-0.15, -0.1) is 0 Å². The van der Waals surface area contributed by atoms with Gasteiger partial charge < -0.3 is 4.74 Å². The molecule has 0 N–H and O–H groups in total. The van der Waals surface area contributed by atoms with Crippen LogP contribution in [0.4, 0.5) is 0 Å². The lowest BCUT2D eigenvalue weighted by atomic mass is 9.97. The molecule has 4 rings (SSSR count). The predicted molar refractivity (Wildman–Crippen MR) is 133 cm³/mol. The average molecular weight is 440 g/mol. The molecule has 1 aromatic heterocycles. The third-order valence-electron chi connectivity index (χ3n) is 4.97. The summed E-state index contributed by atoms with van der Waals surface area (Å²) in [5, 5.41) is 1.73. The van der Waals surface area contributed by atoms with Crippen molar-refractivity contribution in [2.45, 2.75) is 6.92 Å². The molecule has 0 bridgehead atoms. The lowest BCUT2D eigenvalue weighted by Crippen LogP contribution is -1.98. The van der Waals surface area contributed by atoms with Crippen LogP contribution in [0, 0.1) is 0 Å². The van der Waals surface area contributed by atoms with Gasteiger partial charge in [0.2, 0.25) is 0 Å². The van der Waals surface area contributed by atoms with E-state index in [0.717, 1.165) is 38.9 Å². The Hall–Kier alpha value is -3.69. The number of benzene rings is 3. The van der Waals surface area contributed by atoms with Crippen molar-refractivity contribution in [2.75, 3.05) is 6.61 Å². The van der Waals surface area contributed by atoms with Crippen molar-refractivity contribution in [1.29, 1.82) is 0 Å². The van der Waals surface area contributed by atoms with Crippen molar-refractivity contribution in [2.24, 2.45) is 0 Å². The van der Waals surface area contributed by atoms with Gasteiger partial charge in [0, 0.05) is 16.5 Å². The average Bonchev–Trinajstić information content (AvgIpc) is 2.82. The molecule has 0 amide bonds. The molecule has 158 valence electrons. The van der Waals surface area contributed by atoms with Crippen LogP contribution in [-0.2, 0) is 9.53 Å². The summed E-state index contributed by atoms with van der Waals surface area (Å²) >= 11 is 6.10. The largest absolute Gasteiger partial charge is 0.463 e. The van der Waals surface area contributed by atoms with E-state index in [0.29, 0.717) is 11.6 Å². The molecule has 0 aliphatic heterocycles. The Balaban J connectivity index is 1.60. The Labute approximate surface area is 192 Å². The molecule has 0 aliphatic rings. The molecular formula is C28H22ClNO2. The lowest BCUT2D eigenvalue weighted by molar-refractivity contribution is -0.137. The second-order valence-electron chi connectivity index (χ2n) is 7.20. The van der Waals surface area contributed by atoms with Gasteiger partial charge in [0.1, 0.15) is 0 Å². The fourth-order valence-corrected chi connectivity index (χ4v) is 3.61. The Morgan fingerprint density at radius 1 is 0.938 bits per heavy atom. The number of esters is 1. The maximum Gasteiger partial charge on any atom is 0.330 e. The molecule has 0 saturated carbocycles. The van der Waals surface area contributed by atoms with Crippen LogP contribution in [0.1, 0.15) is 23.7 Å². The summed E-state index contributed by atoms with van der Waals surface area (Å²) in [5.74, 6) is -0.344. The van der Waals surface area contributed by atoms with Crippen molar-refractivity contribution in [3.8, 4) is 11.1 Å². The van der Waals surface area contributed by atoms with Gasteiger partial charge in [-0.2, -0.15) is 0 Å². The van der Waals surface area contributed by atoms with E-state index in [2.05, 4.69) is 23.2 Å². The van der Waals surface area contributed by atoms with E-state index in [-0.39, 0.29) is 5.97 Å². The molecule has 0 saturated heterocycles. The number of nitrogens with zero attached hydrogens (tertiary/aromatic N) is 1. The van der Waals surface area contributed by atoms with E-state index in [9.17, 15) is 4.79 Å². The standard InChI is InChI=1S/C28H22ClNO2/c1-2-32-28(31)17-13-21-7-3-4-9-26(21)23-8-5-6-20(18-23)10-15-25-16-12-22-11-14-24(29)19-27(22)30-25/h3-19H,2H2,1H3. The van der Waals surface area contributed by atoms with Crippen molar-refractivity contribution in [3.05, 3.63) is 107 Å². The third-order valence-corrected chi connectivity index (χ3v) is 5.20. The first-order chi connectivity index (χ1) is 15.6. The third kappa shape index (κ3) is 5.32. The molecule has 0 unspecified atom stereocenters. The fourth-order valence-electron chi connectivity index (χ4n) is 3.44. The van der Waals surface area contributed by atoms with E-state index in [1.807, 2.05) is 72.8 Å². The minimum absolute atomic E-state index is 0.344. The fraction of sp³-hybridized carbons (Fsp3) is 0.0714. The smallest absolute Gasteiger partial charge is 0.330 e. The van der Waals surface area contributed by atoms with Gasteiger partial charge in [-0.1, -0.05) is 72.3 Å². The molecule has 1 heterocycles. The monoisotopic (exact) mass is 439 g/mol. The highest BCUT2D eigenvalue weighted by Crippen LogP contribution is 2.26. The van der Waals surface area contributed by atoms with Crippen LogP contribution < -0.4 is 0 Å². The molecular weight excluding hydrogens is 418 g/mol. The molecule has 3 aromatic carbocycles. The minimum Gasteiger partial charge on any atom is -0.463 e. The van der Waals surface area contributed by atoms with Crippen LogP contribution >= 0.6 is 11.6 Å². The molecule has 3 nitrogen and oxygen atoms in total. The quantitative estimate of drug-likeness (QED) is 0.233. The van der Waals surface area contributed by atoms with Crippen LogP contribution in [0.25, 0.3) is 40.3 Å². The Morgan fingerprint density at radius 3 is 2.66 bits per heavy atom. The lowest BCUT2D eigenvalue weighted by Gasteiger charge is -2.07. The number of rotatable bonds is 6. The second kappa shape index (κ2) is 10.1. The maximum absolute atomic E-state index is 11.7. The molecule has 0 aliphatic carbocycles. The van der Waals surface area contributed by atoms with Crippen molar-refractivity contribution < 1.29 is 9.53 Å². The zero-order valence-electron chi connectivity index (χ0n) is 17.7. The SMILES string of the molecule is CCOC(=O)C=Cc1ccccc1-c1cccc(C=Cc2ccc3ccc(Cl)cc3n2)c1. The highest BCUT2D eigenvalue weighted by atomic mass is 35.5. The van der Waals surface area contributed by atoms with E-state index in [1.165, 1.54) is 6.08 Å². The van der Waals surface area contributed by atoms with Crippen LogP contribution in [0.3, 0.4) is 0 Å². The van der Waals surface area contributed by atoms with E-state index in [4.69, 9.17) is 16.3 Å². The van der Waals surface area contributed by atoms with Crippen molar-refractivity contribution in [3.63, 3.8) is 0 Å². The zero-order valence-corrected chi connectivity index (χ0v) is 18.4. The maximum atomic E-state index is 11.7. The van der Waals surface area contributed by atoms with E-state index >= 15 is 0 Å². The van der Waals surface area contributed by atoms with E-state index in [1.54, 1.807) is 13.0 Å². The highest BCUT2D eigenvalue weighted by molar-refractivity contribution is 6.31. The van der Waals surface area contributed by atoms with Crippen LogP contribution in [-0.4, -0.2) is 17.6 Å². The number of carbonyl (C=O) groups is 1. The van der Waals surface area contributed by atoms with E-state index < -0.39 is 0 Å². The van der Waals surface area contributed by atoms with Crippen LogP contribution in [0.5, 0.6) is 0 Å².